The number of nitrogens with zero attached hydrogens (tertiary/aromatic N) is 2. The van der Waals surface area contributed by atoms with Crippen LogP contribution in [0.15, 0.2) is 36.4 Å². The van der Waals surface area contributed by atoms with Crippen LogP contribution in [0, 0.1) is 5.41 Å². The summed E-state index contributed by atoms with van der Waals surface area (Å²) < 4.78 is 0. The lowest BCUT2D eigenvalue weighted by Crippen LogP contribution is -2.24. The van der Waals surface area contributed by atoms with Crippen LogP contribution >= 0.6 is 0 Å². The Bertz CT molecular complexity index is 773. The third-order valence-electron chi connectivity index (χ3n) is 4.91. The highest BCUT2D eigenvalue weighted by atomic mass is 15.1. The van der Waals surface area contributed by atoms with Crippen molar-refractivity contribution in [2.45, 2.75) is 47.0 Å². The first-order chi connectivity index (χ1) is 11.5. The minimum Gasteiger partial charge on any atom is -0.371 e. The molecule has 0 atom stereocenters. The Hall–Kier alpha value is -2.03. The Kier molecular flexibility index (Phi) is 4.53. The molecule has 1 aromatic heterocycles. The van der Waals surface area contributed by atoms with E-state index in [4.69, 9.17) is 4.98 Å². The smallest absolute Gasteiger partial charge is 0.138 e. The average Bonchev–Trinajstić information content (AvgIpc) is 2.98. The van der Waals surface area contributed by atoms with Gasteiger partial charge in [-0.15, -0.1) is 0 Å². The van der Waals surface area contributed by atoms with Gasteiger partial charge in [-0.1, -0.05) is 45.9 Å². The molecule has 0 bridgehead atoms. The standard InChI is InChI=1S/C21H29N3/c1-6-11-24(12-7-2)15-9-10-18-19(13-15)23-20(22-18)16(8-3)17-14-21(17,4)5/h8-10,13H,3,6-7,11-12,14H2,1-2,4-5H3,(H,22,23)/b17-16+. The number of anilines is 1. The van der Waals surface area contributed by atoms with Crippen molar-refractivity contribution in [3.63, 3.8) is 0 Å². The van der Waals surface area contributed by atoms with Gasteiger partial charge in [0, 0.05) is 24.4 Å². The number of allylic oxidation sites excluding steroid dienone is 3. The molecule has 0 spiro atoms. The van der Waals surface area contributed by atoms with E-state index in [-0.39, 0.29) is 0 Å². The van der Waals surface area contributed by atoms with Crippen LogP contribution in [0.2, 0.25) is 0 Å². The van der Waals surface area contributed by atoms with Gasteiger partial charge in [0.15, 0.2) is 0 Å². The Balaban J connectivity index is 1.97. The third kappa shape index (κ3) is 3.12. The van der Waals surface area contributed by atoms with Gasteiger partial charge in [-0.2, -0.15) is 0 Å². The van der Waals surface area contributed by atoms with Gasteiger partial charge in [-0.05, 0) is 42.9 Å². The summed E-state index contributed by atoms with van der Waals surface area (Å²) in [6.45, 7) is 15.2. The van der Waals surface area contributed by atoms with E-state index in [1.807, 2.05) is 6.08 Å². The summed E-state index contributed by atoms with van der Waals surface area (Å²) in [6.07, 6.45) is 5.41. The number of hydrogen-bond donors (Lipinski definition) is 1. The van der Waals surface area contributed by atoms with E-state index < -0.39 is 0 Å². The highest BCUT2D eigenvalue weighted by Gasteiger charge is 2.41. The highest BCUT2D eigenvalue weighted by Crippen LogP contribution is 2.54. The maximum absolute atomic E-state index is 4.80. The zero-order valence-corrected chi connectivity index (χ0v) is 15.4. The van der Waals surface area contributed by atoms with Crippen LogP contribution in [0.25, 0.3) is 16.6 Å². The Morgan fingerprint density at radius 1 is 1.29 bits per heavy atom. The molecule has 0 amide bonds. The number of benzene rings is 1. The quantitative estimate of drug-likeness (QED) is 0.723. The van der Waals surface area contributed by atoms with Gasteiger partial charge in [0.25, 0.3) is 0 Å². The summed E-state index contributed by atoms with van der Waals surface area (Å²) in [4.78, 5) is 10.8. The fraction of sp³-hybridized carbons (Fsp3) is 0.476. The number of aromatic amines is 1. The van der Waals surface area contributed by atoms with Crippen molar-refractivity contribution in [1.82, 2.24) is 9.97 Å². The first kappa shape index (κ1) is 16.8. The normalized spacial score (nSPS) is 17.8. The molecule has 3 nitrogen and oxygen atoms in total. The number of rotatable bonds is 7. The van der Waals surface area contributed by atoms with Gasteiger partial charge in [0.2, 0.25) is 0 Å². The zero-order chi connectivity index (χ0) is 17.3. The van der Waals surface area contributed by atoms with Gasteiger partial charge in [-0.25, -0.2) is 4.98 Å². The zero-order valence-electron chi connectivity index (χ0n) is 15.4. The van der Waals surface area contributed by atoms with Crippen molar-refractivity contribution in [2.75, 3.05) is 18.0 Å². The van der Waals surface area contributed by atoms with E-state index >= 15 is 0 Å². The SMILES string of the molecule is C=C/C(=C1/CC1(C)C)c1nc2ccc(N(CCC)CCC)cc2[nH]1. The van der Waals surface area contributed by atoms with E-state index in [2.05, 4.69) is 62.4 Å². The number of fused-ring (bicyclic) bond motifs is 1. The predicted octanol–water partition coefficient (Wildman–Crippen LogP) is 5.56. The lowest BCUT2D eigenvalue weighted by Gasteiger charge is -2.23. The van der Waals surface area contributed by atoms with E-state index in [1.165, 1.54) is 16.8 Å². The molecule has 1 aromatic carbocycles. The summed E-state index contributed by atoms with van der Waals surface area (Å²) >= 11 is 0. The predicted molar refractivity (Wildman–Crippen MR) is 104 cm³/mol. The van der Waals surface area contributed by atoms with Crippen LogP contribution in [-0.4, -0.2) is 23.1 Å². The van der Waals surface area contributed by atoms with Crippen LogP contribution in [0.4, 0.5) is 5.69 Å². The average molecular weight is 323 g/mol. The first-order valence-corrected chi connectivity index (χ1v) is 9.11. The van der Waals surface area contributed by atoms with Gasteiger partial charge in [0.1, 0.15) is 5.82 Å². The first-order valence-electron chi connectivity index (χ1n) is 9.11. The highest BCUT2D eigenvalue weighted by molar-refractivity contribution is 5.85. The molecule has 1 aliphatic rings. The molecule has 1 N–H and O–H groups in total. The topological polar surface area (TPSA) is 31.9 Å². The molecule has 0 unspecified atom stereocenters. The van der Waals surface area contributed by atoms with Crippen molar-refractivity contribution in [1.29, 1.82) is 0 Å². The fourth-order valence-electron chi connectivity index (χ4n) is 3.45. The molecule has 2 aromatic rings. The molecular weight excluding hydrogens is 294 g/mol. The van der Waals surface area contributed by atoms with Crippen LogP contribution in [0.5, 0.6) is 0 Å². The summed E-state index contributed by atoms with van der Waals surface area (Å²) in [6, 6.07) is 6.56. The number of H-pyrrole nitrogens is 1. The number of nitrogens with one attached hydrogen (secondary N) is 1. The van der Waals surface area contributed by atoms with Crippen LogP contribution in [0.1, 0.15) is 52.8 Å². The molecule has 1 heterocycles. The minimum atomic E-state index is 0.298. The third-order valence-corrected chi connectivity index (χ3v) is 4.91. The largest absolute Gasteiger partial charge is 0.371 e. The van der Waals surface area contributed by atoms with E-state index in [0.717, 1.165) is 49.2 Å². The molecule has 3 heteroatoms. The van der Waals surface area contributed by atoms with Crippen LogP contribution in [0.3, 0.4) is 0 Å². The summed E-state index contributed by atoms with van der Waals surface area (Å²) in [5, 5.41) is 0. The number of hydrogen-bond acceptors (Lipinski definition) is 2. The fourth-order valence-corrected chi connectivity index (χ4v) is 3.45. The second kappa shape index (κ2) is 6.46. The molecule has 3 rings (SSSR count). The van der Waals surface area contributed by atoms with Gasteiger partial charge >= 0.3 is 0 Å². The second-order valence-electron chi connectivity index (χ2n) is 7.43. The Labute approximate surface area is 145 Å². The summed E-state index contributed by atoms with van der Waals surface area (Å²) in [7, 11) is 0. The van der Waals surface area contributed by atoms with Crippen LogP contribution < -0.4 is 4.90 Å². The Morgan fingerprint density at radius 3 is 2.50 bits per heavy atom. The van der Waals surface area contributed by atoms with Crippen molar-refractivity contribution in [3.8, 4) is 0 Å². The van der Waals surface area contributed by atoms with Crippen molar-refractivity contribution in [3.05, 3.63) is 42.3 Å². The van der Waals surface area contributed by atoms with E-state index in [9.17, 15) is 0 Å². The molecule has 0 radical (unpaired) electrons. The van der Waals surface area contributed by atoms with Crippen molar-refractivity contribution < 1.29 is 0 Å². The van der Waals surface area contributed by atoms with Gasteiger partial charge in [0.05, 0.1) is 11.0 Å². The van der Waals surface area contributed by atoms with E-state index in [1.54, 1.807) is 0 Å². The maximum atomic E-state index is 4.80. The number of aromatic nitrogens is 2. The molecular formula is C21H29N3. The van der Waals surface area contributed by atoms with Crippen LogP contribution in [-0.2, 0) is 0 Å². The lowest BCUT2D eigenvalue weighted by molar-refractivity contribution is 0.687. The van der Waals surface area contributed by atoms with Crippen molar-refractivity contribution >= 4 is 22.3 Å². The molecule has 1 fully saturated rings. The van der Waals surface area contributed by atoms with Gasteiger partial charge < -0.3 is 9.88 Å². The second-order valence-corrected chi connectivity index (χ2v) is 7.43. The molecule has 0 saturated heterocycles. The van der Waals surface area contributed by atoms with Gasteiger partial charge in [-0.3, -0.25) is 0 Å². The maximum Gasteiger partial charge on any atom is 0.138 e. The molecule has 24 heavy (non-hydrogen) atoms. The molecule has 1 aliphatic carbocycles. The van der Waals surface area contributed by atoms with E-state index in [0.29, 0.717) is 5.41 Å². The minimum absolute atomic E-state index is 0.298. The molecule has 0 aliphatic heterocycles. The molecule has 128 valence electrons. The number of imidazole rings is 1. The Morgan fingerprint density at radius 2 is 1.96 bits per heavy atom. The molecule has 1 saturated carbocycles. The van der Waals surface area contributed by atoms with Crippen molar-refractivity contribution in [2.24, 2.45) is 5.41 Å². The summed E-state index contributed by atoms with van der Waals surface area (Å²) in [5.74, 6) is 0.954. The summed E-state index contributed by atoms with van der Waals surface area (Å²) in [5.41, 5.74) is 6.35. The monoisotopic (exact) mass is 323 g/mol. The lowest BCUT2D eigenvalue weighted by atomic mass is 10.1.